The summed E-state index contributed by atoms with van der Waals surface area (Å²) in [7, 11) is 0. The van der Waals surface area contributed by atoms with E-state index < -0.39 is 0 Å². The molecule has 0 aromatic carbocycles. The van der Waals surface area contributed by atoms with Crippen molar-refractivity contribution in [1.29, 1.82) is 0 Å². The summed E-state index contributed by atoms with van der Waals surface area (Å²) in [6.07, 6.45) is 5.97. The first-order valence-corrected chi connectivity index (χ1v) is 7.54. The van der Waals surface area contributed by atoms with Crippen LogP contribution in [0.5, 0.6) is 5.88 Å². The standard InChI is InChI=1S/C15H28N4O/c1-5-9-20-15-13(16)14(17-10-18-15)19-12(4)8-6-7-11(2)3/h10-12H,5-9,16H2,1-4H3,(H,17,18,19). The smallest absolute Gasteiger partial charge is 0.242 e. The Morgan fingerprint density at radius 2 is 2.00 bits per heavy atom. The molecule has 20 heavy (non-hydrogen) atoms. The van der Waals surface area contributed by atoms with Gasteiger partial charge in [0, 0.05) is 6.04 Å². The maximum Gasteiger partial charge on any atom is 0.242 e. The van der Waals surface area contributed by atoms with Gasteiger partial charge in [-0.25, -0.2) is 4.98 Å². The average Bonchev–Trinajstić information content (AvgIpc) is 2.39. The maximum atomic E-state index is 6.04. The number of ether oxygens (including phenoxy) is 1. The predicted octanol–water partition coefficient (Wildman–Crippen LogP) is 3.47. The van der Waals surface area contributed by atoms with Gasteiger partial charge in [0.15, 0.2) is 5.82 Å². The van der Waals surface area contributed by atoms with E-state index >= 15 is 0 Å². The van der Waals surface area contributed by atoms with Crippen LogP contribution in [0.2, 0.25) is 0 Å². The van der Waals surface area contributed by atoms with Crippen molar-refractivity contribution in [2.75, 3.05) is 17.7 Å². The van der Waals surface area contributed by atoms with Crippen molar-refractivity contribution in [3.05, 3.63) is 6.33 Å². The maximum absolute atomic E-state index is 6.04. The quantitative estimate of drug-likeness (QED) is 0.724. The van der Waals surface area contributed by atoms with Gasteiger partial charge in [-0.1, -0.05) is 33.6 Å². The monoisotopic (exact) mass is 280 g/mol. The molecule has 1 aromatic rings. The fourth-order valence-electron chi connectivity index (χ4n) is 1.95. The lowest BCUT2D eigenvalue weighted by Crippen LogP contribution is -2.18. The highest BCUT2D eigenvalue weighted by atomic mass is 16.5. The zero-order valence-corrected chi connectivity index (χ0v) is 13.1. The Balaban J connectivity index is 2.54. The molecule has 0 fully saturated rings. The average molecular weight is 280 g/mol. The Morgan fingerprint density at radius 3 is 2.65 bits per heavy atom. The molecule has 5 heteroatoms. The molecule has 0 saturated carbocycles. The van der Waals surface area contributed by atoms with Crippen molar-refractivity contribution in [1.82, 2.24) is 9.97 Å². The predicted molar refractivity (Wildman–Crippen MR) is 84.0 cm³/mol. The molecule has 3 N–H and O–H groups in total. The van der Waals surface area contributed by atoms with E-state index in [0.29, 0.717) is 30.0 Å². The van der Waals surface area contributed by atoms with Crippen LogP contribution in [0, 0.1) is 5.92 Å². The van der Waals surface area contributed by atoms with E-state index in [4.69, 9.17) is 10.5 Å². The van der Waals surface area contributed by atoms with Gasteiger partial charge in [0.2, 0.25) is 5.88 Å². The van der Waals surface area contributed by atoms with E-state index in [1.165, 1.54) is 19.2 Å². The lowest BCUT2D eigenvalue weighted by atomic mass is 10.0. The summed E-state index contributed by atoms with van der Waals surface area (Å²) < 4.78 is 5.50. The van der Waals surface area contributed by atoms with E-state index in [9.17, 15) is 0 Å². The minimum atomic E-state index is 0.338. The van der Waals surface area contributed by atoms with Gasteiger partial charge in [-0.15, -0.1) is 0 Å². The second-order valence-corrected chi connectivity index (χ2v) is 5.66. The number of nitrogen functional groups attached to an aromatic ring is 1. The highest BCUT2D eigenvalue weighted by Gasteiger charge is 2.11. The zero-order valence-electron chi connectivity index (χ0n) is 13.1. The molecule has 0 radical (unpaired) electrons. The lowest BCUT2D eigenvalue weighted by molar-refractivity contribution is 0.306. The van der Waals surface area contributed by atoms with Crippen LogP contribution in [0.4, 0.5) is 11.5 Å². The van der Waals surface area contributed by atoms with E-state index in [1.807, 2.05) is 6.92 Å². The fourth-order valence-corrected chi connectivity index (χ4v) is 1.95. The number of anilines is 2. The molecule has 1 atom stereocenters. The van der Waals surface area contributed by atoms with Gasteiger partial charge in [-0.2, -0.15) is 4.98 Å². The molecule has 0 saturated heterocycles. The van der Waals surface area contributed by atoms with Crippen molar-refractivity contribution in [3.8, 4) is 5.88 Å². The number of nitrogens with one attached hydrogen (secondary N) is 1. The SMILES string of the molecule is CCCOc1ncnc(NC(C)CCCC(C)C)c1N. The van der Waals surface area contributed by atoms with E-state index in [1.54, 1.807) is 0 Å². The Labute approximate surface area is 122 Å². The van der Waals surface area contributed by atoms with Gasteiger partial charge in [-0.05, 0) is 25.7 Å². The number of hydrogen-bond donors (Lipinski definition) is 2. The third-order valence-electron chi connectivity index (χ3n) is 3.09. The topological polar surface area (TPSA) is 73.1 Å². The second kappa shape index (κ2) is 8.61. The number of hydrogen-bond acceptors (Lipinski definition) is 5. The summed E-state index contributed by atoms with van der Waals surface area (Å²) in [5.41, 5.74) is 6.53. The van der Waals surface area contributed by atoms with E-state index in [-0.39, 0.29) is 0 Å². The summed E-state index contributed by atoms with van der Waals surface area (Å²) in [5, 5.41) is 3.34. The summed E-state index contributed by atoms with van der Waals surface area (Å²) in [6, 6.07) is 0.338. The first-order chi connectivity index (χ1) is 9.54. The third-order valence-corrected chi connectivity index (χ3v) is 3.09. The van der Waals surface area contributed by atoms with Gasteiger partial charge in [-0.3, -0.25) is 0 Å². The molecule has 1 rings (SSSR count). The molecule has 0 aliphatic carbocycles. The van der Waals surface area contributed by atoms with E-state index in [0.717, 1.165) is 18.8 Å². The minimum Gasteiger partial charge on any atom is -0.476 e. The van der Waals surface area contributed by atoms with Gasteiger partial charge < -0.3 is 15.8 Å². The molecular formula is C15H28N4O. The van der Waals surface area contributed by atoms with Gasteiger partial charge in [0.25, 0.3) is 0 Å². The van der Waals surface area contributed by atoms with Crippen molar-refractivity contribution in [2.45, 2.75) is 59.4 Å². The molecule has 1 aromatic heterocycles. The van der Waals surface area contributed by atoms with Crippen LogP contribution in [-0.4, -0.2) is 22.6 Å². The number of aromatic nitrogens is 2. The van der Waals surface area contributed by atoms with E-state index in [2.05, 4.69) is 36.1 Å². The van der Waals surface area contributed by atoms with Gasteiger partial charge in [0.1, 0.15) is 12.0 Å². The molecule has 1 unspecified atom stereocenters. The normalized spacial score (nSPS) is 12.4. The molecular weight excluding hydrogens is 252 g/mol. The van der Waals surface area contributed by atoms with Crippen molar-refractivity contribution in [2.24, 2.45) is 5.92 Å². The highest BCUT2D eigenvalue weighted by Crippen LogP contribution is 2.25. The molecule has 0 bridgehead atoms. The van der Waals surface area contributed by atoms with Crippen LogP contribution in [0.1, 0.15) is 53.4 Å². The fraction of sp³-hybridized carbons (Fsp3) is 0.733. The summed E-state index contributed by atoms with van der Waals surface area (Å²) >= 11 is 0. The highest BCUT2D eigenvalue weighted by molar-refractivity contribution is 5.66. The molecule has 0 aliphatic heterocycles. The molecule has 114 valence electrons. The summed E-state index contributed by atoms with van der Waals surface area (Å²) in [5.74, 6) is 1.89. The molecule has 0 aliphatic rings. The van der Waals surface area contributed by atoms with Crippen LogP contribution in [0.15, 0.2) is 6.33 Å². The molecule has 1 heterocycles. The van der Waals surface area contributed by atoms with Crippen LogP contribution in [0.25, 0.3) is 0 Å². The van der Waals surface area contributed by atoms with Crippen molar-refractivity contribution < 1.29 is 4.74 Å². The first kappa shape index (κ1) is 16.5. The largest absolute Gasteiger partial charge is 0.476 e. The van der Waals surface area contributed by atoms with Crippen molar-refractivity contribution in [3.63, 3.8) is 0 Å². The number of nitrogens with zero attached hydrogens (tertiary/aromatic N) is 2. The van der Waals surface area contributed by atoms with Gasteiger partial charge in [0.05, 0.1) is 6.61 Å². The number of rotatable bonds is 9. The minimum absolute atomic E-state index is 0.338. The Bertz CT molecular complexity index is 395. The molecule has 5 nitrogen and oxygen atoms in total. The zero-order chi connectivity index (χ0) is 15.0. The van der Waals surface area contributed by atoms with Crippen LogP contribution in [0.3, 0.4) is 0 Å². The third kappa shape index (κ3) is 5.63. The summed E-state index contributed by atoms with van der Waals surface area (Å²) in [4.78, 5) is 8.27. The first-order valence-electron chi connectivity index (χ1n) is 7.54. The molecule has 0 spiro atoms. The Hall–Kier alpha value is -1.52. The summed E-state index contributed by atoms with van der Waals surface area (Å²) in [6.45, 7) is 9.31. The van der Waals surface area contributed by atoms with Crippen molar-refractivity contribution >= 4 is 11.5 Å². The second-order valence-electron chi connectivity index (χ2n) is 5.66. The molecule has 0 amide bonds. The van der Waals surface area contributed by atoms with Crippen LogP contribution >= 0.6 is 0 Å². The van der Waals surface area contributed by atoms with Gasteiger partial charge >= 0.3 is 0 Å². The lowest BCUT2D eigenvalue weighted by Gasteiger charge is -2.17. The van der Waals surface area contributed by atoms with Crippen LogP contribution in [-0.2, 0) is 0 Å². The number of nitrogens with two attached hydrogens (primary N) is 1. The Kier molecular flexibility index (Phi) is 7.12. The Morgan fingerprint density at radius 1 is 1.25 bits per heavy atom. The van der Waals surface area contributed by atoms with Crippen LogP contribution < -0.4 is 15.8 Å².